The fraction of sp³-hybridized carbons (Fsp3) is 0.231. The van der Waals surface area contributed by atoms with Crippen LogP contribution >= 0.6 is 15.9 Å². The number of halogens is 2. The molecular formula is C13H13BrFNO. The molecule has 0 saturated carbocycles. The normalized spacial score (nSPS) is 10.8. The van der Waals surface area contributed by atoms with E-state index >= 15 is 0 Å². The highest BCUT2D eigenvalue weighted by atomic mass is 79.9. The van der Waals surface area contributed by atoms with Crippen LogP contribution in [0.2, 0.25) is 0 Å². The van der Waals surface area contributed by atoms with Crippen LogP contribution in [0.3, 0.4) is 0 Å². The van der Waals surface area contributed by atoms with Crippen molar-refractivity contribution in [3.8, 4) is 11.3 Å². The minimum absolute atomic E-state index is 0.280. The second kappa shape index (κ2) is 5.47. The molecule has 0 spiro atoms. The summed E-state index contributed by atoms with van der Waals surface area (Å²) >= 11 is 3.32. The smallest absolute Gasteiger partial charge is 0.137 e. The summed E-state index contributed by atoms with van der Waals surface area (Å²) in [5.41, 5.74) is 0.474. The third-order valence-electron chi connectivity index (χ3n) is 2.40. The third-order valence-corrected chi connectivity index (χ3v) is 2.90. The van der Waals surface area contributed by atoms with E-state index < -0.39 is 0 Å². The maximum absolute atomic E-state index is 13.6. The van der Waals surface area contributed by atoms with E-state index in [0.29, 0.717) is 17.9 Å². The van der Waals surface area contributed by atoms with Crippen LogP contribution in [0.25, 0.3) is 11.3 Å². The SMILES string of the molecule is CCNCc1ccc(-c2cc(Br)ccc2F)o1. The predicted octanol–water partition coefficient (Wildman–Crippen LogP) is 3.96. The Morgan fingerprint density at radius 3 is 2.88 bits per heavy atom. The van der Waals surface area contributed by atoms with Gasteiger partial charge >= 0.3 is 0 Å². The van der Waals surface area contributed by atoms with Gasteiger partial charge in [0.1, 0.15) is 17.3 Å². The molecule has 90 valence electrons. The Kier molecular flexibility index (Phi) is 3.97. The number of benzene rings is 1. The topological polar surface area (TPSA) is 25.2 Å². The van der Waals surface area contributed by atoms with Crippen LogP contribution in [0.15, 0.2) is 39.2 Å². The molecule has 2 nitrogen and oxygen atoms in total. The van der Waals surface area contributed by atoms with Crippen molar-refractivity contribution >= 4 is 15.9 Å². The second-order valence-electron chi connectivity index (χ2n) is 3.67. The maximum Gasteiger partial charge on any atom is 0.137 e. The molecule has 1 aromatic heterocycles. The summed E-state index contributed by atoms with van der Waals surface area (Å²) in [6.45, 7) is 3.56. The van der Waals surface area contributed by atoms with E-state index in [9.17, 15) is 4.39 Å². The van der Waals surface area contributed by atoms with Crippen LogP contribution in [0.4, 0.5) is 4.39 Å². The summed E-state index contributed by atoms with van der Waals surface area (Å²) in [4.78, 5) is 0. The molecular weight excluding hydrogens is 285 g/mol. The van der Waals surface area contributed by atoms with Gasteiger partial charge in [-0.25, -0.2) is 4.39 Å². The van der Waals surface area contributed by atoms with E-state index in [2.05, 4.69) is 21.2 Å². The maximum atomic E-state index is 13.6. The molecule has 0 saturated heterocycles. The summed E-state index contributed by atoms with van der Waals surface area (Å²) in [5.74, 6) is 1.08. The zero-order chi connectivity index (χ0) is 12.3. The highest BCUT2D eigenvalue weighted by Crippen LogP contribution is 2.27. The van der Waals surface area contributed by atoms with Gasteiger partial charge in [0.05, 0.1) is 12.1 Å². The quantitative estimate of drug-likeness (QED) is 0.924. The molecule has 0 amide bonds. The Labute approximate surface area is 108 Å². The fourth-order valence-corrected chi connectivity index (χ4v) is 1.91. The van der Waals surface area contributed by atoms with E-state index in [-0.39, 0.29) is 5.82 Å². The molecule has 0 aliphatic heterocycles. The standard InChI is InChI=1S/C13H13BrFNO/c1-2-16-8-10-4-6-13(17-10)11-7-9(14)3-5-12(11)15/h3-7,16H,2,8H2,1H3. The van der Waals surface area contributed by atoms with Crippen molar-refractivity contribution in [2.24, 2.45) is 0 Å². The third kappa shape index (κ3) is 2.96. The second-order valence-corrected chi connectivity index (χ2v) is 4.59. The van der Waals surface area contributed by atoms with Gasteiger partial charge in [0, 0.05) is 4.47 Å². The number of hydrogen-bond donors (Lipinski definition) is 1. The van der Waals surface area contributed by atoms with E-state index in [1.807, 2.05) is 13.0 Å². The first kappa shape index (κ1) is 12.3. The Balaban J connectivity index is 2.27. The van der Waals surface area contributed by atoms with Crippen molar-refractivity contribution in [3.05, 3.63) is 46.4 Å². The molecule has 0 unspecified atom stereocenters. The molecule has 0 aliphatic carbocycles. The van der Waals surface area contributed by atoms with Gasteiger partial charge in [-0.2, -0.15) is 0 Å². The van der Waals surface area contributed by atoms with Crippen LogP contribution in [0.1, 0.15) is 12.7 Å². The average molecular weight is 298 g/mol. The minimum atomic E-state index is -0.280. The molecule has 0 aliphatic rings. The molecule has 0 fully saturated rings. The largest absolute Gasteiger partial charge is 0.460 e. The molecule has 2 aromatic rings. The average Bonchev–Trinajstić information content (AvgIpc) is 2.78. The Bertz CT molecular complexity index is 510. The molecule has 0 radical (unpaired) electrons. The predicted molar refractivity (Wildman–Crippen MR) is 69.2 cm³/mol. The van der Waals surface area contributed by atoms with Gasteiger partial charge in [0.2, 0.25) is 0 Å². The molecule has 2 rings (SSSR count). The highest BCUT2D eigenvalue weighted by molar-refractivity contribution is 9.10. The summed E-state index contributed by atoms with van der Waals surface area (Å²) in [7, 11) is 0. The van der Waals surface area contributed by atoms with E-state index in [1.165, 1.54) is 6.07 Å². The molecule has 17 heavy (non-hydrogen) atoms. The number of nitrogens with one attached hydrogen (secondary N) is 1. The zero-order valence-electron chi connectivity index (χ0n) is 9.47. The first-order valence-corrected chi connectivity index (χ1v) is 6.25. The van der Waals surface area contributed by atoms with Crippen molar-refractivity contribution in [2.75, 3.05) is 6.54 Å². The minimum Gasteiger partial charge on any atom is -0.460 e. The van der Waals surface area contributed by atoms with Gasteiger partial charge in [-0.05, 0) is 36.9 Å². The number of rotatable bonds is 4. The van der Waals surface area contributed by atoms with E-state index in [0.717, 1.165) is 16.8 Å². The van der Waals surface area contributed by atoms with Gasteiger partial charge < -0.3 is 9.73 Å². The van der Waals surface area contributed by atoms with Gasteiger partial charge in [-0.15, -0.1) is 0 Å². The number of furan rings is 1. The lowest BCUT2D eigenvalue weighted by atomic mass is 10.1. The molecule has 1 aromatic carbocycles. The highest BCUT2D eigenvalue weighted by Gasteiger charge is 2.10. The number of hydrogen-bond acceptors (Lipinski definition) is 2. The van der Waals surface area contributed by atoms with Crippen LogP contribution in [-0.4, -0.2) is 6.54 Å². The van der Waals surface area contributed by atoms with Gasteiger partial charge in [0.25, 0.3) is 0 Å². The van der Waals surface area contributed by atoms with Crippen LogP contribution in [-0.2, 0) is 6.54 Å². The monoisotopic (exact) mass is 297 g/mol. The first-order valence-electron chi connectivity index (χ1n) is 5.45. The summed E-state index contributed by atoms with van der Waals surface area (Å²) < 4.78 is 20.0. The first-order chi connectivity index (χ1) is 8.20. The lowest BCUT2D eigenvalue weighted by Crippen LogP contribution is -2.10. The Morgan fingerprint density at radius 2 is 2.12 bits per heavy atom. The summed E-state index contributed by atoms with van der Waals surface area (Å²) in [6.07, 6.45) is 0. The summed E-state index contributed by atoms with van der Waals surface area (Å²) in [6, 6.07) is 8.45. The fourth-order valence-electron chi connectivity index (χ4n) is 1.55. The van der Waals surface area contributed by atoms with Crippen molar-refractivity contribution in [1.29, 1.82) is 0 Å². The van der Waals surface area contributed by atoms with Crippen LogP contribution < -0.4 is 5.32 Å². The lowest BCUT2D eigenvalue weighted by molar-refractivity contribution is 0.495. The lowest BCUT2D eigenvalue weighted by Gasteiger charge is -2.01. The van der Waals surface area contributed by atoms with Crippen molar-refractivity contribution in [1.82, 2.24) is 5.32 Å². The molecule has 1 N–H and O–H groups in total. The van der Waals surface area contributed by atoms with Crippen molar-refractivity contribution in [3.63, 3.8) is 0 Å². The van der Waals surface area contributed by atoms with Crippen molar-refractivity contribution < 1.29 is 8.81 Å². The molecule has 1 heterocycles. The molecule has 4 heteroatoms. The Hall–Kier alpha value is -1.13. The van der Waals surface area contributed by atoms with Crippen LogP contribution in [0, 0.1) is 5.82 Å². The van der Waals surface area contributed by atoms with E-state index in [1.54, 1.807) is 18.2 Å². The zero-order valence-corrected chi connectivity index (χ0v) is 11.1. The molecule has 0 atom stereocenters. The van der Waals surface area contributed by atoms with Gasteiger partial charge in [0.15, 0.2) is 0 Å². The van der Waals surface area contributed by atoms with E-state index in [4.69, 9.17) is 4.42 Å². The summed E-state index contributed by atoms with van der Waals surface area (Å²) in [5, 5.41) is 3.16. The van der Waals surface area contributed by atoms with Crippen molar-refractivity contribution in [2.45, 2.75) is 13.5 Å². The Morgan fingerprint density at radius 1 is 1.29 bits per heavy atom. The van der Waals surface area contributed by atoms with Gasteiger partial charge in [-0.3, -0.25) is 0 Å². The molecule has 0 bridgehead atoms. The van der Waals surface area contributed by atoms with Gasteiger partial charge in [-0.1, -0.05) is 22.9 Å². The van der Waals surface area contributed by atoms with Crippen LogP contribution in [0.5, 0.6) is 0 Å².